The van der Waals surface area contributed by atoms with Crippen LogP contribution >= 0.6 is 23.4 Å². The van der Waals surface area contributed by atoms with Crippen molar-refractivity contribution < 1.29 is 4.79 Å². The van der Waals surface area contributed by atoms with Crippen LogP contribution in [0, 0.1) is 0 Å². The molecular formula is C20H20ClN3OS. The molecule has 2 aromatic carbocycles. The van der Waals surface area contributed by atoms with Gasteiger partial charge < -0.3 is 5.32 Å². The highest BCUT2D eigenvalue weighted by Gasteiger charge is 2.12. The van der Waals surface area contributed by atoms with E-state index in [2.05, 4.69) is 10.3 Å². The quantitative estimate of drug-likeness (QED) is 0.626. The summed E-state index contributed by atoms with van der Waals surface area (Å²) in [6.07, 6.45) is 3.75. The van der Waals surface area contributed by atoms with Gasteiger partial charge in [0.05, 0.1) is 17.7 Å². The highest BCUT2D eigenvalue weighted by Crippen LogP contribution is 2.26. The molecule has 134 valence electrons. The molecule has 0 bridgehead atoms. The molecule has 1 aromatic heterocycles. The number of halogens is 1. The second-order valence-corrected chi connectivity index (χ2v) is 7.28. The van der Waals surface area contributed by atoms with E-state index in [-0.39, 0.29) is 5.91 Å². The second-order valence-electron chi connectivity index (χ2n) is 6.03. The van der Waals surface area contributed by atoms with Crippen molar-refractivity contribution in [1.29, 1.82) is 0 Å². The van der Waals surface area contributed by atoms with Crippen LogP contribution in [0.5, 0.6) is 0 Å². The Hall–Kier alpha value is -2.08. The summed E-state index contributed by atoms with van der Waals surface area (Å²) in [4.78, 5) is 19.9. The molecule has 0 radical (unpaired) electrons. The summed E-state index contributed by atoms with van der Waals surface area (Å²) < 4.78 is 0. The smallest absolute Gasteiger partial charge is 0.238 e. The molecule has 4 nitrogen and oxygen atoms in total. The molecule has 1 heterocycles. The lowest BCUT2D eigenvalue weighted by Gasteiger charge is -2.18. The van der Waals surface area contributed by atoms with Crippen LogP contribution in [0.4, 0.5) is 5.69 Å². The molecule has 0 aliphatic rings. The third-order valence-corrected chi connectivity index (χ3v) is 5.16. The van der Waals surface area contributed by atoms with Crippen molar-refractivity contribution in [3.63, 3.8) is 0 Å². The predicted octanol–water partition coefficient (Wildman–Crippen LogP) is 4.68. The van der Waals surface area contributed by atoms with Crippen molar-refractivity contribution in [3.05, 3.63) is 65.3 Å². The first-order chi connectivity index (χ1) is 12.6. The Morgan fingerprint density at radius 2 is 2.00 bits per heavy atom. The zero-order valence-corrected chi connectivity index (χ0v) is 16.3. The molecule has 1 amide bonds. The molecule has 6 heteroatoms. The van der Waals surface area contributed by atoms with Crippen LogP contribution < -0.4 is 5.32 Å². The molecule has 0 spiro atoms. The van der Waals surface area contributed by atoms with Gasteiger partial charge in [0.1, 0.15) is 0 Å². The van der Waals surface area contributed by atoms with Crippen LogP contribution in [-0.4, -0.2) is 35.6 Å². The van der Waals surface area contributed by atoms with Crippen LogP contribution in [0.2, 0.25) is 5.02 Å². The molecule has 0 atom stereocenters. The number of aromatic nitrogens is 1. The number of nitrogens with zero attached hydrogens (tertiary/aromatic N) is 2. The van der Waals surface area contributed by atoms with E-state index in [1.165, 1.54) is 0 Å². The third-order valence-electron chi connectivity index (χ3n) is 4.03. The Bertz CT molecular complexity index is 932. The van der Waals surface area contributed by atoms with Crippen molar-refractivity contribution in [1.82, 2.24) is 9.88 Å². The van der Waals surface area contributed by atoms with Crippen molar-refractivity contribution in [2.75, 3.05) is 25.2 Å². The van der Waals surface area contributed by atoms with Crippen molar-refractivity contribution >= 4 is 45.9 Å². The summed E-state index contributed by atoms with van der Waals surface area (Å²) >= 11 is 7.86. The van der Waals surface area contributed by atoms with E-state index in [0.29, 0.717) is 18.1 Å². The fourth-order valence-corrected chi connectivity index (χ4v) is 3.62. The lowest BCUT2D eigenvalue weighted by atomic mass is 10.1. The molecule has 26 heavy (non-hydrogen) atoms. The number of amides is 1. The van der Waals surface area contributed by atoms with Gasteiger partial charge in [-0.1, -0.05) is 29.8 Å². The van der Waals surface area contributed by atoms with E-state index in [1.807, 2.05) is 66.7 Å². The van der Waals surface area contributed by atoms with E-state index in [0.717, 1.165) is 27.0 Å². The number of rotatable bonds is 6. The number of fused-ring (bicyclic) bond motifs is 1. The lowest BCUT2D eigenvalue weighted by Crippen LogP contribution is -2.30. The van der Waals surface area contributed by atoms with Crippen LogP contribution in [0.3, 0.4) is 0 Å². The van der Waals surface area contributed by atoms with Gasteiger partial charge in [0.15, 0.2) is 0 Å². The zero-order chi connectivity index (χ0) is 18.5. The lowest BCUT2D eigenvalue weighted by molar-refractivity contribution is -0.117. The Kier molecular flexibility index (Phi) is 6.14. The van der Waals surface area contributed by atoms with Crippen LogP contribution in [0.1, 0.15) is 5.56 Å². The van der Waals surface area contributed by atoms with Crippen LogP contribution in [0.25, 0.3) is 10.9 Å². The summed E-state index contributed by atoms with van der Waals surface area (Å²) in [5.41, 5.74) is 2.77. The normalized spacial score (nSPS) is 11.1. The molecule has 3 aromatic rings. The SMILES string of the molecule is CSc1ccccc1NC(=O)CN(C)Cc1ccc(Cl)c2cccnc12. The van der Waals surface area contributed by atoms with E-state index in [4.69, 9.17) is 11.6 Å². The summed E-state index contributed by atoms with van der Waals surface area (Å²) in [6, 6.07) is 15.5. The van der Waals surface area contributed by atoms with Crippen molar-refractivity contribution in [2.45, 2.75) is 11.4 Å². The predicted molar refractivity (Wildman–Crippen MR) is 110 cm³/mol. The molecule has 0 saturated heterocycles. The van der Waals surface area contributed by atoms with Gasteiger partial charge in [0.2, 0.25) is 5.91 Å². The Morgan fingerprint density at radius 1 is 1.19 bits per heavy atom. The molecule has 3 rings (SSSR count). The number of carbonyl (C=O) groups is 1. The van der Waals surface area contributed by atoms with Crippen LogP contribution in [0.15, 0.2) is 59.6 Å². The Labute approximate surface area is 162 Å². The fraction of sp³-hybridized carbons (Fsp3) is 0.200. The maximum absolute atomic E-state index is 12.4. The number of pyridine rings is 1. The highest BCUT2D eigenvalue weighted by molar-refractivity contribution is 7.98. The molecule has 0 aliphatic heterocycles. The molecule has 1 N–H and O–H groups in total. The summed E-state index contributed by atoms with van der Waals surface area (Å²) in [6.45, 7) is 0.905. The van der Waals surface area contributed by atoms with Gasteiger partial charge in [0, 0.05) is 28.0 Å². The highest BCUT2D eigenvalue weighted by atomic mass is 35.5. The third kappa shape index (κ3) is 4.36. The number of hydrogen-bond acceptors (Lipinski definition) is 4. The standard InChI is InChI=1S/C20H20ClN3OS/c1-24(13-19(25)23-17-7-3-4-8-18(17)26-2)12-14-9-10-16(21)15-6-5-11-22-20(14)15/h3-11H,12-13H2,1-2H3,(H,23,25). The number of carbonyl (C=O) groups excluding carboxylic acids is 1. The Balaban J connectivity index is 1.68. The average molecular weight is 386 g/mol. The number of anilines is 1. The number of thioether (sulfide) groups is 1. The van der Waals surface area contributed by atoms with Gasteiger partial charge in [-0.05, 0) is 49.2 Å². The summed E-state index contributed by atoms with van der Waals surface area (Å²) in [5, 5.41) is 4.60. The molecule has 0 unspecified atom stereocenters. The first-order valence-corrected chi connectivity index (χ1v) is 9.82. The minimum Gasteiger partial charge on any atom is -0.324 e. The van der Waals surface area contributed by atoms with Gasteiger partial charge in [-0.2, -0.15) is 0 Å². The van der Waals surface area contributed by atoms with Gasteiger partial charge >= 0.3 is 0 Å². The fourth-order valence-electron chi connectivity index (χ4n) is 2.85. The van der Waals surface area contributed by atoms with Gasteiger partial charge in [-0.15, -0.1) is 11.8 Å². The van der Waals surface area contributed by atoms with Crippen molar-refractivity contribution in [2.24, 2.45) is 0 Å². The van der Waals surface area contributed by atoms with Crippen LogP contribution in [-0.2, 0) is 11.3 Å². The summed E-state index contributed by atoms with van der Waals surface area (Å²) in [7, 11) is 1.92. The average Bonchev–Trinajstić information content (AvgIpc) is 2.64. The second kappa shape index (κ2) is 8.54. The topological polar surface area (TPSA) is 45.2 Å². The molecule has 0 fully saturated rings. The van der Waals surface area contributed by atoms with Gasteiger partial charge in [-0.3, -0.25) is 14.7 Å². The first-order valence-electron chi connectivity index (χ1n) is 8.22. The largest absolute Gasteiger partial charge is 0.324 e. The number of benzene rings is 2. The molecule has 0 saturated carbocycles. The maximum Gasteiger partial charge on any atom is 0.238 e. The minimum atomic E-state index is -0.0415. The number of nitrogens with one attached hydrogen (secondary N) is 1. The van der Waals surface area contributed by atoms with E-state index in [9.17, 15) is 4.79 Å². The monoisotopic (exact) mass is 385 g/mol. The zero-order valence-electron chi connectivity index (χ0n) is 14.7. The number of hydrogen-bond donors (Lipinski definition) is 1. The van der Waals surface area contributed by atoms with Gasteiger partial charge in [0.25, 0.3) is 0 Å². The number of likely N-dealkylation sites (N-methyl/N-ethyl adjacent to an activating group) is 1. The minimum absolute atomic E-state index is 0.0415. The number of para-hydroxylation sites is 1. The van der Waals surface area contributed by atoms with Gasteiger partial charge in [-0.25, -0.2) is 0 Å². The molecule has 0 aliphatic carbocycles. The van der Waals surface area contributed by atoms with E-state index < -0.39 is 0 Å². The maximum atomic E-state index is 12.4. The Morgan fingerprint density at radius 3 is 2.81 bits per heavy atom. The van der Waals surface area contributed by atoms with E-state index >= 15 is 0 Å². The molecular weight excluding hydrogens is 366 g/mol. The van der Waals surface area contributed by atoms with Crippen molar-refractivity contribution in [3.8, 4) is 0 Å². The summed E-state index contributed by atoms with van der Waals surface area (Å²) in [5.74, 6) is -0.0415. The van der Waals surface area contributed by atoms with E-state index in [1.54, 1.807) is 18.0 Å². The first kappa shape index (κ1) is 18.7.